The number of imidazole rings is 1. The lowest BCUT2D eigenvalue weighted by molar-refractivity contribution is 0.890. The van der Waals surface area contributed by atoms with Crippen molar-refractivity contribution in [2.75, 3.05) is 0 Å². The largest absolute Gasteiger partial charge is 0.303 e. The molecule has 0 unspecified atom stereocenters. The Hall–Kier alpha value is -2.35. The highest BCUT2D eigenvalue weighted by atomic mass is 15.1. The summed E-state index contributed by atoms with van der Waals surface area (Å²) in [7, 11) is 0. The molecule has 0 fully saturated rings. The number of aryl methyl sites for hydroxylation is 2. The summed E-state index contributed by atoms with van der Waals surface area (Å²) < 4.78 is 2.20. The van der Waals surface area contributed by atoms with Crippen molar-refractivity contribution < 1.29 is 0 Å². The van der Waals surface area contributed by atoms with E-state index in [9.17, 15) is 0 Å². The molecule has 2 heteroatoms. The maximum Gasteiger partial charge on any atom is 0.113 e. The fourth-order valence-corrected chi connectivity index (χ4v) is 2.53. The highest BCUT2D eigenvalue weighted by Crippen LogP contribution is 2.22. The monoisotopic (exact) mass is 276 g/mol. The first kappa shape index (κ1) is 13.6. The van der Waals surface area contributed by atoms with Gasteiger partial charge in [-0.25, -0.2) is 4.98 Å². The van der Waals surface area contributed by atoms with Gasteiger partial charge >= 0.3 is 0 Å². The zero-order valence-electron chi connectivity index (χ0n) is 12.6. The van der Waals surface area contributed by atoms with E-state index in [2.05, 4.69) is 73.1 Å². The molecule has 0 bridgehead atoms. The van der Waals surface area contributed by atoms with Crippen molar-refractivity contribution in [3.05, 3.63) is 72.2 Å². The lowest BCUT2D eigenvalue weighted by Crippen LogP contribution is -1.98. The van der Waals surface area contributed by atoms with Gasteiger partial charge in [0.25, 0.3) is 0 Å². The van der Waals surface area contributed by atoms with Crippen LogP contribution in [0.4, 0.5) is 0 Å². The van der Waals surface area contributed by atoms with E-state index in [-0.39, 0.29) is 0 Å². The molecule has 3 rings (SSSR count). The summed E-state index contributed by atoms with van der Waals surface area (Å²) in [6.07, 6.45) is 4.12. The molecule has 0 atom stereocenters. The summed E-state index contributed by atoms with van der Waals surface area (Å²) >= 11 is 0. The summed E-state index contributed by atoms with van der Waals surface area (Å²) in [6, 6.07) is 19.1. The van der Waals surface area contributed by atoms with Gasteiger partial charge in [-0.05, 0) is 24.1 Å². The van der Waals surface area contributed by atoms with Crippen LogP contribution in [-0.4, -0.2) is 9.55 Å². The van der Waals surface area contributed by atoms with Gasteiger partial charge in [-0.2, -0.15) is 0 Å². The average molecular weight is 276 g/mol. The van der Waals surface area contributed by atoms with Crippen molar-refractivity contribution in [3.8, 4) is 16.9 Å². The molecule has 0 amide bonds. The van der Waals surface area contributed by atoms with Gasteiger partial charge < -0.3 is 4.57 Å². The zero-order valence-corrected chi connectivity index (χ0v) is 12.6. The third-order valence-corrected chi connectivity index (χ3v) is 3.79. The van der Waals surface area contributed by atoms with Gasteiger partial charge in [0.15, 0.2) is 0 Å². The average Bonchev–Trinajstić information content (AvgIpc) is 3.00. The summed E-state index contributed by atoms with van der Waals surface area (Å²) in [5.41, 5.74) is 4.74. The Morgan fingerprint density at radius 2 is 1.57 bits per heavy atom. The minimum Gasteiger partial charge on any atom is -0.303 e. The first-order valence-electron chi connectivity index (χ1n) is 7.54. The molecule has 0 spiro atoms. The number of hydrogen-bond donors (Lipinski definition) is 0. The van der Waals surface area contributed by atoms with Crippen LogP contribution in [0.2, 0.25) is 0 Å². The summed E-state index contributed by atoms with van der Waals surface area (Å²) in [4.78, 5) is 4.78. The predicted molar refractivity (Wildman–Crippen MR) is 87.8 cm³/mol. The Morgan fingerprint density at radius 1 is 0.857 bits per heavy atom. The van der Waals surface area contributed by atoms with Gasteiger partial charge in [0.2, 0.25) is 0 Å². The van der Waals surface area contributed by atoms with Gasteiger partial charge in [-0.1, -0.05) is 56.3 Å². The van der Waals surface area contributed by atoms with Crippen LogP contribution in [0.15, 0.2) is 60.8 Å². The van der Waals surface area contributed by atoms with Gasteiger partial charge in [-0.3, -0.25) is 0 Å². The predicted octanol–water partition coefficient (Wildman–Crippen LogP) is 4.66. The van der Waals surface area contributed by atoms with Crippen LogP contribution in [-0.2, 0) is 12.8 Å². The maximum atomic E-state index is 4.78. The second-order valence-electron chi connectivity index (χ2n) is 5.15. The van der Waals surface area contributed by atoms with Crippen LogP contribution in [0.3, 0.4) is 0 Å². The Bertz CT molecular complexity index is 709. The Balaban J connectivity index is 2.03. The van der Waals surface area contributed by atoms with E-state index in [1.165, 1.54) is 11.3 Å². The Morgan fingerprint density at radius 3 is 2.19 bits per heavy atom. The molecule has 21 heavy (non-hydrogen) atoms. The van der Waals surface area contributed by atoms with Crippen LogP contribution in [0.25, 0.3) is 16.9 Å². The SMILES string of the molecule is CCc1ccc(-n2cc(-c3ccccc3)nc2CC)cc1. The molecule has 0 radical (unpaired) electrons. The van der Waals surface area contributed by atoms with Crippen molar-refractivity contribution in [1.29, 1.82) is 0 Å². The molecule has 1 heterocycles. The first-order chi connectivity index (χ1) is 10.3. The van der Waals surface area contributed by atoms with E-state index in [0.717, 1.165) is 29.9 Å². The van der Waals surface area contributed by atoms with Crippen LogP contribution in [0.5, 0.6) is 0 Å². The molecule has 106 valence electrons. The van der Waals surface area contributed by atoms with E-state index in [4.69, 9.17) is 4.98 Å². The molecular weight excluding hydrogens is 256 g/mol. The van der Waals surface area contributed by atoms with Crippen LogP contribution < -0.4 is 0 Å². The normalized spacial score (nSPS) is 10.8. The highest BCUT2D eigenvalue weighted by molar-refractivity contribution is 5.59. The second kappa shape index (κ2) is 5.96. The lowest BCUT2D eigenvalue weighted by atomic mass is 10.1. The van der Waals surface area contributed by atoms with E-state index in [1.54, 1.807) is 0 Å². The molecule has 1 aromatic heterocycles. The molecule has 0 aliphatic carbocycles. The molecule has 0 saturated carbocycles. The number of nitrogens with zero attached hydrogens (tertiary/aromatic N) is 2. The standard InChI is InChI=1S/C19H20N2/c1-3-15-10-12-17(13-11-15)21-14-18(20-19(21)4-2)16-8-6-5-7-9-16/h5-14H,3-4H2,1-2H3. The maximum absolute atomic E-state index is 4.78. The molecule has 0 aliphatic heterocycles. The quantitative estimate of drug-likeness (QED) is 0.677. The van der Waals surface area contributed by atoms with E-state index in [1.807, 2.05) is 6.07 Å². The molecule has 0 N–H and O–H groups in total. The molecular formula is C19H20N2. The summed E-state index contributed by atoms with van der Waals surface area (Å²) in [6.45, 7) is 4.32. The van der Waals surface area contributed by atoms with Crippen molar-refractivity contribution in [2.24, 2.45) is 0 Å². The number of rotatable bonds is 4. The summed E-state index contributed by atoms with van der Waals surface area (Å²) in [5.74, 6) is 1.10. The van der Waals surface area contributed by atoms with E-state index in [0.29, 0.717) is 0 Å². The molecule has 0 saturated heterocycles. The van der Waals surface area contributed by atoms with E-state index >= 15 is 0 Å². The molecule has 2 nitrogen and oxygen atoms in total. The van der Waals surface area contributed by atoms with Crippen molar-refractivity contribution >= 4 is 0 Å². The smallest absolute Gasteiger partial charge is 0.113 e. The number of aromatic nitrogens is 2. The van der Waals surface area contributed by atoms with E-state index < -0.39 is 0 Å². The van der Waals surface area contributed by atoms with Crippen LogP contribution >= 0.6 is 0 Å². The topological polar surface area (TPSA) is 17.8 Å². The van der Waals surface area contributed by atoms with Gasteiger partial charge in [0, 0.05) is 23.9 Å². The first-order valence-corrected chi connectivity index (χ1v) is 7.54. The Labute approximate surface area is 126 Å². The second-order valence-corrected chi connectivity index (χ2v) is 5.15. The third kappa shape index (κ3) is 2.75. The molecule has 0 aliphatic rings. The van der Waals surface area contributed by atoms with Crippen LogP contribution in [0, 0.1) is 0 Å². The van der Waals surface area contributed by atoms with Gasteiger partial charge in [0.1, 0.15) is 5.82 Å². The summed E-state index contributed by atoms with van der Waals surface area (Å²) in [5, 5.41) is 0. The van der Waals surface area contributed by atoms with Crippen molar-refractivity contribution in [2.45, 2.75) is 26.7 Å². The van der Waals surface area contributed by atoms with Gasteiger partial charge in [-0.15, -0.1) is 0 Å². The molecule has 2 aromatic carbocycles. The number of hydrogen-bond acceptors (Lipinski definition) is 1. The van der Waals surface area contributed by atoms with Crippen molar-refractivity contribution in [1.82, 2.24) is 9.55 Å². The fraction of sp³-hybridized carbons (Fsp3) is 0.211. The lowest BCUT2D eigenvalue weighted by Gasteiger charge is -2.06. The van der Waals surface area contributed by atoms with Gasteiger partial charge in [0.05, 0.1) is 5.69 Å². The zero-order chi connectivity index (χ0) is 14.7. The van der Waals surface area contributed by atoms with Crippen LogP contribution in [0.1, 0.15) is 25.2 Å². The Kier molecular flexibility index (Phi) is 3.87. The highest BCUT2D eigenvalue weighted by Gasteiger charge is 2.09. The molecule has 3 aromatic rings. The minimum atomic E-state index is 0.919. The van der Waals surface area contributed by atoms with Crippen molar-refractivity contribution in [3.63, 3.8) is 0 Å². The third-order valence-electron chi connectivity index (χ3n) is 3.79. The fourth-order valence-electron chi connectivity index (χ4n) is 2.53. The minimum absolute atomic E-state index is 0.919. The number of benzene rings is 2.